The van der Waals surface area contributed by atoms with E-state index < -0.39 is 0 Å². The summed E-state index contributed by atoms with van der Waals surface area (Å²) in [5, 5.41) is 8.25. The first-order valence-electron chi connectivity index (χ1n) is 7.62. The molecule has 0 radical (unpaired) electrons. The average molecular weight is 271 g/mol. The molecule has 2 aromatic heterocycles. The molecule has 1 spiro atoms. The summed E-state index contributed by atoms with van der Waals surface area (Å²) in [7, 11) is 0. The van der Waals surface area contributed by atoms with Gasteiger partial charge in [-0.15, -0.1) is 10.2 Å². The van der Waals surface area contributed by atoms with Crippen LogP contribution in [0.2, 0.25) is 0 Å². The fraction of sp³-hybridized carbons (Fsp3) is 0.667. The van der Waals surface area contributed by atoms with E-state index in [2.05, 4.69) is 33.9 Å². The predicted octanol–water partition coefficient (Wildman–Crippen LogP) is 2.53. The maximum Gasteiger partial charge on any atom is 0.203 e. The number of aromatic nitrogens is 4. The Balaban J connectivity index is 1.74. The van der Waals surface area contributed by atoms with Gasteiger partial charge in [-0.1, -0.05) is 26.7 Å². The highest BCUT2D eigenvalue weighted by molar-refractivity contribution is 5.66. The van der Waals surface area contributed by atoms with Crippen LogP contribution in [0.1, 0.15) is 39.5 Å². The van der Waals surface area contributed by atoms with Crippen LogP contribution < -0.4 is 4.90 Å². The van der Waals surface area contributed by atoms with Crippen LogP contribution in [0.4, 0.5) is 5.82 Å². The fourth-order valence-electron chi connectivity index (χ4n) is 4.50. The Labute approximate surface area is 119 Å². The second-order valence-corrected chi connectivity index (χ2v) is 6.70. The number of anilines is 1. The lowest BCUT2D eigenvalue weighted by Crippen LogP contribution is -2.66. The van der Waals surface area contributed by atoms with E-state index in [-0.39, 0.29) is 0 Å². The van der Waals surface area contributed by atoms with Gasteiger partial charge in [0.25, 0.3) is 0 Å². The second kappa shape index (κ2) is 4.17. The second-order valence-electron chi connectivity index (χ2n) is 6.70. The van der Waals surface area contributed by atoms with E-state index in [9.17, 15) is 0 Å². The van der Waals surface area contributed by atoms with Crippen molar-refractivity contribution in [3.05, 3.63) is 18.7 Å². The standard InChI is InChI=1S/C15H21N5/c1-11(2)12-15(5-3-4-6-15)9-20(12)13-14-18-17-10-19(14)8-7-16-13/h7-8,10-12H,3-6,9H2,1-2H3/t12-/m0/s1. The third kappa shape index (κ3) is 1.52. The Bertz CT molecular complexity index is 626. The fourth-order valence-corrected chi connectivity index (χ4v) is 4.50. The third-order valence-electron chi connectivity index (χ3n) is 5.15. The number of hydrogen-bond acceptors (Lipinski definition) is 4. The molecule has 1 saturated carbocycles. The van der Waals surface area contributed by atoms with E-state index in [1.54, 1.807) is 6.33 Å². The number of nitrogens with zero attached hydrogens (tertiary/aromatic N) is 5. The third-order valence-corrected chi connectivity index (χ3v) is 5.15. The zero-order valence-corrected chi connectivity index (χ0v) is 12.2. The molecule has 0 N–H and O–H groups in total. The molecule has 0 aromatic carbocycles. The van der Waals surface area contributed by atoms with Gasteiger partial charge in [-0.25, -0.2) is 4.98 Å². The highest BCUT2D eigenvalue weighted by Gasteiger charge is 2.55. The molecule has 1 saturated heterocycles. The minimum absolute atomic E-state index is 0.530. The maximum absolute atomic E-state index is 4.59. The largest absolute Gasteiger partial charge is 0.349 e. The van der Waals surface area contributed by atoms with Gasteiger partial charge < -0.3 is 4.90 Å². The molecule has 2 aliphatic rings. The van der Waals surface area contributed by atoms with E-state index >= 15 is 0 Å². The lowest BCUT2D eigenvalue weighted by molar-refractivity contribution is 0.0983. The average Bonchev–Trinajstić information content (AvgIpc) is 3.05. The van der Waals surface area contributed by atoms with Crippen LogP contribution in [0.15, 0.2) is 18.7 Å². The summed E-state index contributed by atoms with van der Waals surface area (Å²) in [5.41, 5.74) is 1.41. The zero-order valence-electron chi connectivity index (χ0n) is 12.2. The van der Waals surface area contributed by atoms with E-state index in [0.29, 0.717) is 17.4 Å². The Hall–Kier alpha value is -1.65. The van der Waals surface area contributed by atoms with Gasteiger partial charge in [0.15, 0.2) is 5.82 Å². The molecule has 3 heterocycles. The van der Waals surface area contributed by atoms with Crippen molar-refractivity contribution in [3.63, 3.8) is 0 Å². The molecular formula is C15H21N5. The summed E-state index contributed by atoms with van der Waals surface area (Å²) in [6.07, 6.45) is 11.0. The zero-order chi connectivity index (χ0) is 13.7. The summed E-state index contributed by atoms with van der Waals surface area (Å²) >= 11 is 0. The molecule has 106 valence electrons. The van der Waals surface area contributed by atoms with E-state index in [0.717, 1.165) is 18.0 Å². The highest BCUT2D eigenvalue weighted by atomic mass is 15.3. The molecule has 2 fully saturated rings. The van der Waals surface area contributed by atoms with Crippen molar-refractivity contribution in [1.82, 2.24) is 19.6 Å². The summed E-state index contributed by atoms with van der Waals surface area (Å²) in [4.78, 5) is 7.05. The van der Waals surface area contributed by atoms with Gasteiger partial charge in [0, 0.05) is 30.4 Å². The van der Waals surface area contributed by atoms with Crippen LogP contribution in [-0.4, -0.2) is 32.2 Å². The molecule has 0 unspecified atom stereocenters. The minimum atomic E-state index is 0.530. The normalized spacial score (nSPS) is 24.8. The quantitative estimate of drug-likeness (QED) is 0.842. The van der Waals surface area contributed by atoms with Gasteiger partial charge in [0.1, 0.15) is 6.33 Å². The van der Waals surface area contributed by atoms with Gasteiger partial charge in [0.2, 0.25) is 5.65 Å². The smallest absolute Gasteiger partial charge is 0.203 e. The predicted molar refractivity (Wildman–Crippen MR) is 77.7 cm³/mol. The first-order valence-corrected chi connectivity index (χ1v) is 7.62. The Morgan fingerprint density at radius 1 is 1.30 bits per heavy atom. The van der Waals surface area contributed by atoms with Gasteiger partial charge in [-0.2, -0.15) is 0 Å². The van der Waals surface area contributed by atoms with Gasteiger partial charge in [0.05, 0.1) is 0 Å². The minimum Gasteiger partial charge on any atom is -0.349 e. The van der Waals surface area contributed by atoms with Crippen LogP contribution in [0, 0.1) is 11.3 Å². The molecule has 0 amide bonds. The molecular weight excluding hydrogens is 250 g/mol. The van der Waals surface area contributed by atoms with Crippen LogP contribution in [0.5, 0.6) is 0 Å². The first kappa shape index (κ1) is 12.1. The van der Waals surface area contributed by atoms with Crippen LogP contribution in [0.25, 0.3) is 5.65 Å². The van der Waals surface area contributed by atoms with E-state index in [4.69, 9.17) is 0 Å². The Kier molecular flexibility index (Phi) is 2.53. The number of fused-ring (bicyclic) bond motifs is 1. The monoisotopic (exact) mass is 271 g/mol. The summed E-state index contributed by atoms with van der Waals surface area (Å²) in [6.45, 7) is 5.80. The maximum atomic E-state index is 4.59. The summed E-state index contributed by atoms with van der Waals surface area (Å²) in [6, 6.07) is 0.598. The van der Waals surface area contributed by atoms with Gasteiger partial charge >= 0.3 is 0 Å². The summed E-state index contributed by atoms with van der Waals surface area (Å²) in [5.74, 6) is 1.65. The molecule has 5 heteroatoms. The first-order chi connectivity index (χ1) is 9.71. The number of hydrogen-bond donors (Lipinski definition) is 0. The molecule has 0 bridgehead atoms. The molecule has 20 heavy (non-hydrogen) atoms. The van der Waals surface area contributed by atoms with Crippen LogP contribution in [-0.2, 0) is 0 Å². The van der Waals surface area contributed by atoms with Crippen molar-refractivity contribution in [2.45, 2.75) is 45.6 Å². The molecule has 1 atom stereocenters. The van der Waals surface area contributed by atoms with Crippen molar-refractivity contribution in [1.29, 1.82) is 0 Å². The van der Waals surface area contributed by atoms with Crippen LogP contribution >= 0.6 is 0 Å². The Morgan fingerprint density at radius 2 is 2.10 bits per heavy atom. The molecule has 5 nitrogen and oxygen atoms in total. The van der Waals surface area contributed by atoms with Crippen molar-refractivity contribution in [3.8, 4) is 0 Å². The molecule has 1 aliphatic carbocycles. The highest BCUT2D eigenvalue weighted by Crippen LogP contribution is 2.54. The summed E-state index contributed by atoms with van der Waals surface area (Å²) < 4.78 is 1.96. The van der Waals surface area contributed by atoms with Gasteiger partial charge in [-0.3, -0.25) is 4.40 Å². The lowest BCUT2D eigenvalue weighted by atomic mass is 9.66. The lowest BCUT2D eigenvalue weighted by Gasteiger charge is -2.58. The Morgan fingerprint density at radius 3 is 2.85 bits per heavy atom. The number of rotatable bonds is 2. The van der Waals surface area contributed by atoms with Gasteiger partial charge in [-0.05, 0) is 18.8 Å². The van der Waals surface area contributed by atoms with Crippen LogP contribution in [0.3, 0.4) is 0 Å². The van der Waals surface area contributed by atoms with Crippen molar-refractivity contribution in [2.75, 3.05) is 11.4 Å². The SMILES string of the molecule is CC(C)[C@@H]1N(c2nccn3cnnc23)CC12CCCC2. The van der Waals surface area contributed by atoms with Crippen molar-refractivity contribution in [2.24, 2.45) is 11.3 Å². The van der Waals surface area contributed by atoms with Crippen molar-refractivity contribution < 1.29 is 0 Å². The molecule has 4 rings (SSSR count). The molecule has 1 aliphatic heterocycles. The van der Waals surface area contributed by atoms with E-state index in [1.165, 1.54) is 25.7 Å². The van der Waals surface area contributed by atoms with E-state index in [1.807, 2.05) is 16.8 Å². The molecule has 2 aromatic rings. The van der Waals surface area contributed by atoms with Crippen molar-refractivity contribution >= 4 is 11.5 Å². The topological polar surface area (TPSA) is 46.3 Å².